The van der Waals surface area contributed by atoms with Crippen LogP contribution < -0.4 is 5.36 Å². The summed E-state index contributed by atoms with van der Waals surface area (Å²) in [4.78, 5) is 0. The van der Waals surface area contributed by atoms with E-state index in [1.807, 2.05) is 38.1 Å². The van der Waals surface area contributed by atoms with E-state index in [1.165, 1.54) is 0 Å². The highest BCUT2D eigenvalue weighted by atomic mass is 16.4. The maximum Gasteiger partial charge on any atom is 0.136 e. The molecule has 2 rings (SSSR count). The molecule has 0 radical (unpaired) electrons. The van der Waals surface area contributed by atoms with Crippen molar-refractivity contribution in [3.63, 3.8) is 0 Å². The van der Waals surface area contributed by atoms with Crippen LogP contribution in [0, 0.1) is 13.8 Å². The van der Waals surface area contributed by atoms with Crippen molar-refractivity contribution in [2.24, 2.45) is 5.16 Å². The van der Waals surface area contributed by atoms with Gasteiger partial charge in [-0.25, -0.2) is 0 Å². The van der Waals surface area contributed by atoms with Crippen LogP contribution in [0.25, 0.3) is 11.0 Å². The number of fused-ring (bicyclic) bond motifs is 1. The Morgan fingerprint density at radius 2 is 1.93 bits per heavy atom. The first-order valence-corrected chi connectivity index (χ1v) is 4.41. The van der Waals surface area contributed by atoms with E-state index in [2.05, 4.69) is 5.16 Å². The molecule has 3 heteroatoms. The van der Waals surface area contributed by atoms with Gasteiger partial charge in [-0.05, 0) is 26.0 Å². The van der Waals surface area contributed by atoms with Crippen LogP contribution >= 0.6 is 0 Å². The van der Waals surface area contributed by atoms with Crippen LogP contribution in [-0.2, 0) is 0 Å². The summed E-state index contributed by atoms with van der Waals surface area (Å²) in [5.74, 6) is 0.775. The number of nitrogens with zero attached hydrogens (tertiary/aromatic N) is 1. The summed E-state index contributed by atoms with van der Waals surface area (Å²) in [7, 11) is 0. The third kappa shape index (κ3) is 1.18. The summed E-state index contributed by atoms with van der Waals surface area (Å²) in [5, 5.41) is 13.6. The van der Waals surface area contributed by atoms with Crippen LogP contribution in [0.15, 0.2) is 33.8 Å². The number of aryl methyl sites for hydroxylation is 1. The summed E-state index contributed by atoms with van der Waals surface area (Å²) in [6.45, 7) is 3.73. The molecule has 0 atom stereocenters. The summed E-state index contributed by atoms with van der Waals surface area (Å²) >= 11 is 0. The van der Waals surface area contributed by atoms with Gasteiger partial charge >= 0.3 is 0 Å². The zero-order valence-electron chi connectivity index (χ0n) is 8.11. The summed E-state index contributed by atoms with van der Waals surface area (Å²) in [5.41, 5.74) is 1.61. The summed E-state index contributed by atoms with van der Waals surface area (Å²) in [6, 6.07) is 7.51. The molecule has 1 aromatic carbocycles. The van der Waals surface area contributed by atoms with E-state index in [9.17, 15) is 0 Å². The molecule has 0 amide bonds. The van der Waals surface area contributed by atoms with Crippen molar-refractivity contribution in [3.05, 3.63) is 40.9 Å². The molecule has 1 N–H and O–H groups in total. The van der Waals surface area contributed by atoms with Gasteiger partial charge in [0, 0.05) is 10.9 Å². The molecule has 0 bridgehead atoms. The fourth-order valence-electron chi connectivity index (χ4n) is 1.49. The van der Waals surface area contributed by atoms with Gasteiger partial charge in [-0.15, -0.1) is 0 Å². The lowest BCUT2D eigenvalue weighted by Crippen LogP contribution is -2.09. The molecule has 0 aliphatic heterocycles. The molecule has 0 aliphatic carbocycles. The minimum atomic E-state index is 0.587. The Hall–Kier alpha value is -1.77. The SMILES string of the molecule is Cc1oc2ccccc2/c(=N\O)c1C. The van der Waals surface area contributed by atoms with Crippen molar-refractivity contribution in [1.29, 1.82) is 0 Å². The van der Waals surface area contributed by atoms with E-state index in [-0.39, 0.29) is 0 Å². The molecule has 0 aliphatic rings. The van der Waals surface area contributed by atoms with E-state index in [0.29, 0.717) is 5.36 Å². The van der Waals surface area contributed by atoms with Crippen molar-refractivity contribution in [3.8, 4) is 0 Å². The second-order valence-corrected chi connectivity index (χ2v) is 3.23. The van der Waals surface area contributed by atoms with Crippen molar-refractivity contribution >= 4 is 11.0 Å². The highest BCUT2D eigenvalue weighted by Crippen LogP contribution is 2.13. The van der Waals surface area contributed by atoms with Crippen LogP contribution in [-0.4, -0.2) is 5.21 Å². The topological polar surface area (TPSA) is 45.7 Å². The van der Waals surface area contributed by atoms with Crippen LogP contribution in [0.1, 0.15) is 11.3 Å². The van der Waals surface area contributed by atoms with Crippen LogP contribution in [0.2, 0.25) is 0 Å². The molecule has 14 heavy (non-hydrogen) atoms. The minimum Gasteiger partial charge on any atom is -0.461 e. The summed E-state index contributed by atoms with van der Waals surface area (Å²) in [6.07, 6.45) is 0. The van der Waals surface area contributed by atoms with Crippen LogP contribution in [0.5, 0.6) is 0 Å². The zero-order chi connectivity index (χ0) is 10.1. The highest BCUT2D eigenvalue weighted by Gasteiger charge is 2.04. The first kappa shape index (κ1) is 8.81. The Labute approximate surface area is 81.3 Å². The van der Waals surface area contributed by atoms with Crippen molar-refractivity contribution in [1.82, 2.24) is 0 Å². The maximum atomic E-state index is 8.92. The normalized spacial score (nSPS) is 12.3. The zero-order valence-corrected chi connectivity index (χ0v) is 8.11. The van der Waals surface area contributed by atoms with Gasteiger partial charge in [-0.2, -0.15) is 0 Å². The van der Waals surface area contributed by atoms with Crippen LogP contribution in [0.4, 0.5) is 0 Å². The average Bonchev–Trinajstić information content (AvgIpc) is 2.20. The van der Waals surface area contributed by atoms with Gasteiger partial charge in [0.1, 0.15) is 16.7 Å². The van der Waals surface area contributed by atoms with Gasteiger partial charge in [0.2, 0.25) is 0 Å². The molecule has 1 aromatic heterocycles. The Bertz CT molecular complexity index is 540. The van der Waals surface area contributed by atoms with Gasteiger partial charge in [0.25, 0.3) is 0 Å². The molecular formula is C11H11NO2. The van der Waals surface area contributed by atoms with Gasteiger partial charge in [0.15, 0.2) is 0 Å². The molecule has 0 saturated carbocycles. The van der Waals surface area contributed by atoms with Crippen LogP contribution in [0.3, 0.4) is 0 Å². The lowest BCUT2D eigenvalue weighted by atomic mass is 10.1. The van der Waals surface area contributed by atoms with E-state index in [0.717, 1.165) is 22.3 Å². The number of hydrogen-bond acceptors (Lipinski definition) is 3. The fraction of sp³-hybridized carbons (Fsp3) is 0.182. The second kappa shape index (κ2) is 3.18. The number of rotatable bonds is 0. The molecular weight excluding hydrogens is 178 g/mol. The van der Waals surface area contributed by atoms with Gasteiger partial charge in [0.05, 0.1) is 0 Å². The number of hydrogen-bond donors (Lipinski definition) is 1. The fourth-order valence-corrected chi connectivity index (χ4v) is 1.49. The molecule has 72 valence electrons. The quantitative estimate of drug-likeness (QED) is 0.510. The third-order valence-electron chi connectivity index (χ3n) is 2.39. The van der Waals surface area contributed by atoms with E-state index < -0.39 is 0 Å². The average molecular weight is 189 g/mol. The summed E-state index contributed by atoms with van der Waals surface area (Å²) < 4.78 is 5.56. The van der Waals surface area contributed by atoms with Gasteiger partial charge < -0.3 is 9.62 Å². The number of para-hydroxylation sites is 1. The van der Waals surface area contributed by atoms with Gasteiger partial charge in [-0.3, -0.25) is 0 Å². The Kier molecular flexibility index (Phi) is 2.00. The maximum absolute atomic E-state index is 8.92. The predicted octanol–water partition coefficient (Wildman–Crippen LogP) is 2.34. The molecule has 0 saturated heterocycles. The third-order valence-corrected chi connectivity index (χ3v) is 2.39. The Balaban J connectivity index is 3.05. The van der Waals surface area contributed by atoms with E-state index >= 15 is 0 Å². The second-order valence-electron chi connectivity index (χ2n) is 3.23. The lowest BCUT2D eigenvalue weighted by Gasteiger charge is -2.03. The molecule has 1 heterocycles. The first-order valence-electron chi connectivity index (χ1n) is 4.41. The molecule has 2 aromatic rings. The number of benzene rings is 1. The molecule has 0 unspecified atom stereocenters. The highest BCUT2D eigenvalue weighted by molar-refractivity contribution is 5.76. The minimum absolute atomic E-state index is 0.587. The van der Waals surface area contributed by atoms with Crippen molar-refractivity contribution in [2.75, 3.05) is 0 Å². The van der Waals surface area contributed by atoms with E-state index in [4.69, 9.17) is 9.62 Å². The lowest BCUT2D eigenvalue weighted by molar-refractivity contribution is 0.301. The Morgan fingerprint density at radius 3 is 2.64 bits per heavy atom. The first-order chi connectivity index (χ1) is 6.74. The monoisotopic (exact) mass is 189 g/mol. The Morgan fingerprint density at radius 1 is 1.21 bits per heavy atom. The van der Waals surface area contributed by atoms with Crippen molar-refractivity contribution in [2.45, 2.75) is 13.8 Å². The largest absolute Gasteiger partial charge is 0.461 e. The standard InChI is InChI=1S/C11H11NO2/c1-7-8(2)14-10-6-4-3-5-9(10)11(7)12-13/h3-6,13H,1-2H3/b12-11-. The van der Waals surface area contributed by atoms with Gasteiger partial charge in [-0.1, -0.05) is 17.3 Å². The smallest absolute Gasteiger partial charge is 0.136 e. The van der Waals surface area contributed by atoms with Crippen molar-refractivity contribution < 1.29 is 9.62 Å². The molecule has 3 nitrogen and oxygen atoms in total. The molecule has 0 fully saturated rings. The van der Waals surface area contributed by atoms with E-state index in [1.54, 1.807) is 0 Å². The molecule has 0 spiro atoms. The predicted molar refractivity (Wildman–Crippen MR) is 53.0 cm³/mol.